The lowest BCUT2D eigenvalue weighted by Gasteiger charge is -2.04. The standard InChI is InChI=1S/C14H11NO4/c1-19-13-6-4-10(5-7-13)11-2-3-12(9-16)14(8-11)15(17)18/h2-9H,1H3. The third-order valence-electron chi connectivity index (χ3n) is 2.78. The molecule has 0 atom stereocenters. The Labute approximate surface area is 109 Å². The van der Waals surface area contributed by atoms with Crippen molar-refractivity contribution in [2.75, 3.05) is 7.11 Å². The molecule has 0 aliphatic carbocycles. The second-order valence-electron chi connectivity index (χ2n) is 3.88. The van der Waals surface area contributed by atoms with Crippen molar-refractivity contribution < 1.29 is 14.5 Å². The molecular weight excluding hydrogens is 246 g/mol. The number of nitro benzene ring substituents is 1. The zero-order valence-corrected chi connectivity index (χ0v) is 10.2. The maximum absolute atomic E-state index is 10.9. The fourth-order valence-corrected chi connectivity index (χ4v) is 1.76. The molecule has 0 fully saturated rings. The van der Waals surface area contributed by atoms with Crippen LogP contribution in [0, 0.1) is 10.1 Å². The van der Waals surface area contributed by atoms with E-state index in [2.05, 4.69) is 0 Å². The van der Waals surface area contributed by atoms with E-state index < -0.39 is 4.92 Å². The van der Waals surface area contributed by atoms with Crippen LogP contribution >= 0.6 is 0 Å². The van der Waals surface area contributed by atoms with E-state index in [0.717, 1.165) is 5.56 Å². The van der Waals surface area contributed by atoms with Crippen LogP contribution in [-0.2, 0) is 0 Å². The summed E-state index contributed by atoms with van der Waals surface area (Å²) in [6, 6.07) is 11.7. The molecule has 5 nitrogen and oxygen atoms in total. The average Bonchev–Trinajstić information content (AvgIpc) is 2.46. The van der Waals surface area contributed by atoms with E-state index in [1.165, 1.54) is 12.1 Å². The van der Waals surface area contributed by atoms with Crippen LogP contribution in [0.5, 0.6) is 5.75 Å². The van der Waals surface area contributed by atoms with E-state index in [-0.39, 0.29) is 11.3 Å². The Morgan fingerprint density at radius 2 is 1.74 bits per heavy atom. The maximum Gasteiger partial charge on any atom is 0.280 e. The van der Waals surface area contributed by atoms with Gasteiger partial charge in [-0.05, 0) is 29.3 Å². The molecule has 96 valence electrons. The minimum Gasteiger partial charge on any atom is -0.497 e. The van der Waals surface area contributed by atoms with E-state index in [4.69, 9.17) is 4.74 Å². The third-order valence-corrected chi connectivity index (χ3v) is 2.78. The molecule has 2 aromatic rings. The zero-order chi connectivity index (χ0) is 13.8. The van der Waals surface area contributed by atoms with Gasteiger partial charge in [-0.1, -0.05) is 18.2 Å². The topological polar surface area (TPSA) is 69.4 Å². The molecule has 0 saturated heterocycles. The lowest BCUT2D eigenvalue weighted by Crippen LogP contribution is -1.94. The Bertz CT molecular complexity index is 620. The highest BCUT2D eigenvalue weighted by Crippen LogP contribution is 2.27. The van der Waals surface area contributed by atoms with Gasteiger partial charge in [-0.25, -0.2) is 0 Å². The van der Waals surface area contributed by atoms with Crippen LogP contribution in [-0.4, -0.2) is 18.3 Å². The average molecular weight is 257 g/mol. The number of hydrogen-bond acceptors (Lipinski definition) is 4. The summed E-state index contributed by atoms with van der Waals surface area (Å²) in [7, 11) is 1.57. The molecule has 2 aromatic carbocycles. The highest BCUT2D eigenvalue weighted by molar-refractivity contribution is 5.84. The molecule has 2 rings (SSSR count). The van der Waals surface area contributed by atoms with Crippen molar-refractivity contribution in [3.05, 3.63) is 58.1 Å². The lowest BCUT2D eigenvalue weighted by atomic mass is 10.0. The van der Waals surface area contributed by atoms with Crippen molar-refractivity contribution in [2.45, 2.75) is 0 Å². The van der Waals surface area contributed by atoms with Crippen molar-refractivity contribution in [3.63, 3.8) is 0 Å². The van der Waals surface area contributed by atoms with Gasteiger partial charge in [0.15, 0.2) is 6.29 Å². The van der Waals surface area contributed by atoms with Gasteiger partial charge >= 0.3 is 0 Å². The number of nitrogens with zero attached hydrogens (tertiary/aromatic N) is 1. The second-order valence-corrected chi connectivity index (χ2v) is 3.88. The quantitative estimate of drug-likeness (QED) is 0.479. The fraction of sp³-hybridized carbons (Fsp3) is 0.0714. The summed E-state index contributed by atoms with van der Waals surface area (Å²) in [5.74, 6) is 0.711. The van der Waals surface area contributed by atoms with Gasteiger partial charge in [0.1, 0.15) is 5.75 Å². The van der Waals surface area contributed by atoms with Crippen molar-refractivity contribution in [1.82, 2.24) is 0 Å². The van der Waals surface area contributed by atoms with Crippen LogP contribution in [0.2, 0.25) is 0 Å². The van der Waals surface area contributed by atoms with E-state index in [9.17, 15) is 14.9 Å². The van der Waals surface area contributed by atoms with Crippen LogP contribution in [0.1, 0.15) is 10.4 Å². The van der Waals surface area contributed by atoms with Crippen LogP contribution < -0.4 is 4.74 Å². The number of rotatable bonds is 4. The molecule has 0 bridgehead atoms. The van der Waals surface area contributed by atoms with E-state index in [1.54, 1.807) is 37.4 Å². The maximum atomic E-state index is 10.9. The third kappa shape index (κ3) is 2.60. The summed E-state index contributed by atoms with van der Waals surface area (Å²) < 4.78 is 5.05. The summed E-state index contributed by atoms with van der Waals surface area (Å²) in [4.78, 5) is 21.1. The molecule has 0 amide bonds. The normalized spacial score (nSPS) is 9.95. The highest BCUT2D eigenvalue weighted by atomic mass is 16.6. The van der Waals surface area contributed by atoms with Crippen LogP contribution in [0.3, 0.4) is 0 Å². The summed E-state index contributed by atoms with van der Waals surface area (Å²) in [5.41, 5.74) is 1.38. The number of carbonyl (C=O) groups excluding carboxylic acids is 1. The predicted octanol–water partition coefficient (Wildman–Crippen LogP) is 3.08. The van der Waals surface area contributed by atoms with Gasteiger partial charge in [0.2, 0.25) is 0 Å². The molecule has 0 aliphatic heterocycles. The first-order valence-corrected chi connectivity index (χ1v) is 5.53. The first kappa shape index (κ1) is 12.8. The van der Waals surface area contributed by atoms with Crippen molar-refractivity contribution in [3.8, 4) is 16.9 Å². The molecule has 0 N–H and O–H groups in total. The number of ether oxygens (including phenoxy) is 1. The molecule has 0 unspecified atom stereocenters. The van der Waals surface area contributed by atoms with Gasteiger partial charge in [-0.2, -0.15) is 0 Å². The largest absolute Gasteiger partial charge is 0.497 e. The predicted molar refractivity (Wildman–Crippen MR) is 70.5 cm³/mol. The highest BCUT2D eigenvalue weighted by Gasteiger charge is 2.14. The monoisotopic (exact) mass is 257 g/mol. The van der Waals surface area contributed by atoms with Gasteiger partial charge in [0.25, 0.3) is 5.69 Å². The summed E-state index contributed by atoms with van der Waals surface area (Å²) in [6.07, 6.45) is 0.482. The molecular formula is C14H11NO4. The molecule has 0 spiro atoms. The van der Waals surface area contributed by atoms with Gasteiger partial charge in [-0.15, -0.1) is 0 Å². The van der Waals surface area contributed by atoms with Crippen molar-refractivity contribution in [1.29, 1.82) is 0 Å². The Balaban J connectivity index is 2.47. The Hall–Kier alpha value is -2.69. The van der Waals surface area contributed by atoms with Crippen LogP contribution in [0.4, 0.5) is 5.69 Å². The number of methoxy groups -OCH3 is 1. The first-order valence-electron chi connectivity index (χ1n) is 5.53. The van der Waals surface area contributed by atoms with Gasteiger partial charge in [0, 0.05) is 6.07 Å². The number of aldehydes is 1. The molecule has 19 heavy (non-hydrogen) atoms. The molecule has 5 heteroatoms. The van der Waals surface area contributed by atoms with Crippen LogP contribution in [0.15, 0.2) is 42.5 Å². The minimum absolute atomic E-state index is 0.0715. The number of benzene rings is 2. The molecule has 0 saturated carbocycles. The van der Waals surface area contributed by atoms with E-state index >= 15 is 0 Å². The number of carbonyl (C=O) groups is 1. The Morgan fingerprint density at radius 1 is 1.11 bits per heavy atom. The number of hydrogen-bond donors (Lipinski definition) is 0. The lowest BCUT2D eigenvalue weighted by molar-refractivity contribution is -0.385. The Morgan fingerprint density at radius 3 is 2.26 bits per heavy atom. The minimum atomic E-state index is -0.559. The molecule has 0 heterocycles. The summed E-state index contributed by atoms with van der Waals surface area (Å²) in [5, 5.41) is 10.9. The molecule has 0 radical (unpaired) electrons. The molecule has 0 aliphatic rings. The van der Waals surface area contributed by atoms with Gasteiger partial charge < -0.3 is 4.74 Å². The second kappa shape index (κ2) is 5.30. The van der Waals surface area contributed by atoms with Gasteiger partial charge in [-0.3, -0.25) is 14.9 Å². The van der Waals surface area contributed by atoms with Crippen LogP contribution in [0.25, 0.3) is 11.1 Å². The SMILES string of the molecule is COc1ccc(-c2ccc(C=O)c([N+](=O)[O-])c2)cc1. The van der Waals surface area contributed by atoms with Crippen molar-refractivity contribution in [2.24, 2.45) is 0 Å². The number of nitro groups is 1. The zero-order valence-electron chi connectivity index (χ0n) is 10.2. The molecule has 0 aromatic heterocycles. The van der Waals surface area contributed by atoms with Crippen molar-refractivity contribution >= 4 is 12.0 Å². The van der Waals surface area contributed by atoms with Gasteiger partial charge in [0.05, 0.1) is 17.6 Å². The smallest absolute Gasteiger partial charge is 0.280 e. The summed E-state index contributed by atoms with van der Waals surface area (Å²) in [6.45, 7) is 0. The van der Waals surface area contributed by atoms with E-state index in [1.807, 2.05) is 0 Å². The fourth-order valence-electron chi connectivity index (χ4n) is 1.76. The van der Waals surface area contributed by atoms with E-state index in [0.29, 0.717) is 17.6 Å². The Kier molecular flexibility index (Phi) is 3.56. The first-order chi connectivity index (χ1) is 9.15. The summed E-state index contributed by atoms with van der Waals surface area (Å²) >= 11 is 0.